The van der Waals surface area contributed by atoms with Crippen LogP contribution in [0, 0.1) is 0 Å². The lowest BCUT2D eigenvalue weighted by Gasteiger charge is -2.11. The van der Waals surface area contributed by atoms with Gasteiger partial charge in [0.25, 0.3) is 0 Å². The van der Waals surface area contributed by atoms with Crippen LogP contribution >= 0.6 is 0 Å². The van der Waals surface area contributed by atoms with Crippen LogP contribution in [0.1, 0.15) is 37.8 Å². The van der Waals surface area contributed by atoms with Crippen molar-refractivity contribution in [3.8, 4) is 0 Å². The van der Waals surface area contributed by atoms with Crippen LogP contribution in [0.25, 0.3) is 21.5 Å². The topological polar surface area (TPSA) is 0 Å². The second-order valence-corrected chi connectivity index (χ2v) is 5.67. The second kappa shape index (κ2) is 5.66. The van der Waals surface area contributed by atoms with E-state index >= 15 is 0 Å². The quantitative estimate of drug-likeness (QED) is 0.514. The largest absolute Gasteiger partial charge is 0.0651 e. The molecule has 0 aliphatic carbocycles. The smallest absolute Gasteiger partial charge is 0.0175 e. The zero-order valence-electron chi connectivity index (χ0n) is 12.4. The number of benzene rings is 3. The second-order valence-electron chi connectivity index (χ2n) is 5.67. The molecule has 0 N–H and O–H groups in total. The van der Waals surface area contributed by atoms with Crippen LogP contribution in [0.5, 0.6) is 0 Å². The van der Waals surface area contributed by atoms with Crippen LogP contribution in [-0.2, 0) is 12.8 Å². The average Bonchev–Trinajstić information content (AvgIpc) is 2.46. The molecule has 0 saturated heterocycles. The van der Waals surface area contributed by atoms with Gasteiger partial charge in [-0.1, -0.05) is 63.1 Å². The van der Waals surface area contributed by atoms with Crippen LogP contribution in [0.4, 0.5) is 0 Å². The summed E-state index contributed by atoms with van der Waals surface area (Å²) in [5.74, 6) is 0. The summed E-state index contributed by atoms with van der Waals surface area (Å²) in [4.78, 5) is 0. The fraction of sp³-hybridized carbons (Fsp3) is 0.300. The highest BCUT2D eigenvalue weighted by atomic mass is 14.1. The van der Waals surface area contributed by atoms with E-state index in [1.165, 1.54) is 58.4 Å². The van der Waals surface area contributed by atoms with Gasteiger partial charge < -0.3 is 0 Å². The first-order valence-corrected chi connectivity index (χ1v) is 7.76. The third-order valence-corrected chi connectivity index (χ3v) is 4.06. The van der Waals surface area contributed by atoms with E-state index < -0.39 is 0 Å². The molecule has 0 unspecified atom stereocenters. The standard InChI is InChI=1S/C20H22/c1-3-7-15-11-19-13-17-9-5-6-10-18(17)14-20(19)12-16(15)8-4-2/h5-6,9-14H,3-4,7-8H2,1-2H3. The Morgan fingerprint density at radius 2 is 1.05 bits per heavy atom. The Balaban J connectivity index is 2.23. The first-order valence-electron chi connectivity index (χ1n) is 7.76. The van der Waals surface area contributed by atoms with Crippen molar-refractivity contribution in [3.63, 3.8) is 0 Å². The highest BCUT2D eigenvalue weighted by Crippen LogP contribution is 2.27. The van der Waals surface area contributed by atoms with Crippen LogP contribution < -0.4 is 0 Å². The minimum atomic E-state index is 1.19. The zero-order chi connectivity index (χ0) is 13.9. The van der Waals surface area contributed by atoms with E-state index in [1.54, 1.807) is 0 Å². The number of hydrogen-bond acceptors (Lipinski definition) is 0. The molecule has 0 nitrogen and oxygen atoms in total. The highest BCUT2D eigenvalue weighted by Gasteiger charge is 2.05. The molecule has 0 saturated carbocycles. The molecule has 0 bridgehead atoms. The van der Waals surface area contributed by atoms with E-state index in [2.05, 4.69) is 62.4 Å². The Morgan fingerprint density at radius 3 is 1.45 bits per heavy atom. The van der Waals surface area contributed by atoms with Crippen LogP contribution in [-0.4, -0.2) is 0 Å². The predicted molar refractivity (Wildman–Crippen MR) is 89.4 cm³/mol. The van der Waals surface area contributed by atoms with E-state index in [1.807, 2.05) is 0 Å². The van der Waals surface area contributed by atoms with Gasteiger partial charge in [-0.2, -0.15) is 0 Å². The number of hydrogen-bond donors (Lipinski definition) is 0. The van der Waals surface area contributed by atoms with E-state index in [9.17, 15) is 0 Å². The van der Waals surface area contributed by atoms with E-state index in [-0.39, 0.29) is 0 Å². The van der Waals surface area contributed by atoms with E-state index in [0.29, 0.717) is 0 Å². The van der Waals surface area contributed by atoms with Gasteiger partial charge in [-0.15, -0.1) is 0 Å². The molecule has 0 aliphatic rings. The molecule has 3 rings (SSSR count). The molecule has 0 aromatic heterocycles. The van der Waals surface area contributed by atoms with Crippen molar-refractivity contribution in [1.82, 2.24) is 0 Å². The van der Waals surface area contributed by atoms with Gasteiger partial charge in [0.05, 0.1) is 0 Å². The van der Waals surface area contributed by atoms with Crippen molar-refractivity contribution in [2.45, 2.75) is 39.5 Å². The lowest BCUT2D eigenvalue weighted by Crippen LogP contribution is -1.94. The monoisotopic (exact) mass is 262 g/mol. The maximum atomic E-state index is 2.41. The molecule has 0 radical (unpaired) electrons. The molecule has 3 aromatic rings. The maximum Gasteiger partial charge on any atom is -0.0175 e. The van der Waals surface area contributed by atoms with Crippen LogP contribution in [0.15, 0.2) is 48.5 Å². The average molecular weight is 262 g/mol. The van der Waals surface area contributed by atoms with Crippen molar-refractivity contribution in [2.24, 2.45) is 0 Å². The Morgan fingerprint density at radius 1 is 0.600 bits per heavy atom. The van der Waals surface area contributed by atoms with Gasteiger partial charge in [0, 0.05) is 0 Å². The van der Waals surface area contributed by atoms with Crippen molar-refractivity contribution in [3.05, 3.63) is 59.7 Å². The summed E-state index contributed by atoms with van der Waals surface area (Å²) in [5, 5.41) is 5.44. The molecule has 0 atom stereocenters. The Hall–Kier alpha value is -1.82. The molecular weight excluding hydrogens is 240 g/mol. The Labute approximate surface area is 121 Å². The molecule has 102 valence electrons. The number of rotatable bonds is 4. The van der Waals surface area contributed by atoms with Gasteiger partial charge in [0.15, 0.2) is 0 Å². The molecular formula is C20H22. The first-order chi connectivity index (χ1) is 9.81. The Bertz CT molecular complexity index is 673. The summed E-state index contributed by atoms with van der Waals surface area (Å²) in [5.41, 5.74) is 3.08. The van der Waals surface area contributed by atoms with Gasteiger partial charge >= 0.3 is 0 Å². The lowest BCUT2D eigenvalue weighted by molar-refractivity contribution is 0.864. The van der Waals surface area contributed by atoms with Gasteiger partial charge in [-0.25, -0.2) is 0 Å². The summed E-state index contributed by atoms with van der Waals surface area (Å²) < 4.78 is 0. The SMILES string of the molecule is CCCc1cc2cc3ccccc3cc2cc1CCC. The summed E-state index contributed by atoms with van der Waals surface area (Å²) in [7, 11) is 0. The van der Waals surface area contributed by atoms with Gasteiger partial charge in [0.1, 0.15) is 0 Å². The summed E-state index contributed by atoms with van der Waals surface area (Å²) in [6.07, 6.45) is 4.82. The first kappa shape index (κ1) is 13.2. The van der Waals surface area contributed by atoms with Crippen molar-refractivity contribution in [1.29, 1.82) is 0 Å². The highest BCUT2D eigenvalue weighted by molar-refractivity contribution is 5.98. The molecule has 0 spiro atoms. The molecule has 0 heterocycles. The third kappa shape index (κ3) is 2.43. The normalized spacial score (nSPS) is 11.3. The maximum absolute atomic E-state index is 2.41. The lowest BCUT2D eigenvalue weighted by atomic mass is 9.94. The van der Waals surface area contributed by atoms with E-state index in [0.717, 1.165) is 0 Å². The molecule has 0 fully saturated rings. The molecule has 0 aliphatic heterocycles. The number of fused-ring (bicyclic) bond motifs is 2. The Kier molecular flexibility index (Phi) is 3.73. The van der Waals surface area contributed by atoms with Crippen molar-refractivity contribution < 1.29 is 0 Å². The van der Waals surface area contributed by atoms with Crippen LogP contribution in [0.3, 0.4) is 0 Å². The number of aryl methyl sites for hydroxylation is 2. The fourth-order valence-corrected chi connectivity index (χ4v) is 3.09. The summed E-state index contributed by atoms with van der Waals surface area (Å²) in [6, 6.07) is 18.1. The molecule has 20 heavy (non-hydrogen) atoms. The fourth-order valence-electron chi connectivity index (χ4n) is 3.09. The van der Waals surface area contributed by atoms with Crippen LogP contribution in [0.2, 0.25) is 0 Å². The van der Waals surface area contributed by atoms with Gasteiger partial charge in [0.2, 0.25) is 0 Å². The van der Waals surface area contributed by atoms with Gasteiger partial charge in [-0.3, -0.25) is 0 Å². The molecule has 0 amide bonds. The zero-order valence-corrected chi connectivity index (χ0v) is 12.4. The van der Waals surface area contributed by atoms with Crippen molar-refractivity contribution >= 4 is 21.5 Å². The molecule has 0 heteroatoms. The molecule has 3 aromatic carbocycles. The minimum Gasteiger partial charge on any atom is -0.0651 e. The predicted octanol–water partition coefficient (Wildman–Crippen LogP) is 5.90. The van der Waals surface area contributed by atoms with Crippen molar-refractivity contribution in [2.75, 3.05) is 0 Å². The van der Waals surface area contributed by atoms with E-state index in [4.69, 9.17) is 0 Å². The third-order valence-electron chi connectivity index (χ3n) is 4.06. The minimum absolute atomic E-state index is 1.19. The van der Waals surface area contributed by atoms with Gasteiger partial charge in [-0.05, 0) is 57.6 Å². The summed E-state index contributed by atoms with van der Waals surface area (Å²) in [6.45, 7) is 4.53. The summed E-state index contributed by atoms with van der Waals surface area (Å²) >= 11 is 0.